The summed E-state index contributed by atoms with van der Waals surface area (Å²) < 4.78 is 5.36. The summed E-state index contributed by atoms with van der Waals surface area (Å²) in [4.78, 5) is 0. The van der Waals surface area contributed by atoms with Gasteiger partial charge in [0.15, 0.2) is 0 Å². The second-order valence-corrected chi connectivity index (χ2v) is 4.94. The molecule has 1 aliphatic carbocycles. The monoisotopic (exact) mass is 197 g/mol. The van der Waals surface area contributed by atoms with Gasteiger partial charge in [-0.1, -0.05) is 6.42 Å². The molecule has 2 fully saturated rings. The Labute approximate surface area is 87.4 Å². The van der Waals surface area contributed by atoms with Crippen molar-refractivity contribution >= 4 is 0 Å². The van der Waals surface area contributed by atoms with Crippen molar-refractivity contribution in [3.63, 3.8) is 0 Å². The van der Waals surface area contributed by atoms with E-state index in [0.717, 1.165) is 31.1 Å². The molecule has 14 heavy (non-hydrogen) atoms. The van der Waals surface area contributed by atoms with Crippen LogP contribution in [0.15, 0.2) is 0 Å². The van der Waals surface area contributed by atoms with Crippen LogP contribution in [0.25, 0.3) is 0 Å². The first-order valence-electron chi connectivity index (χ1n) is 6.17. The first-order chi connectivity index (χ1) is 6.86. The lowest BCUT2D eigenvalue weighted by Gasteiger charge is -2.33. The van der Waals surface area contributed by atoms with Gasteiger partial charge in [0.05, 0.1) is 0 Å². The topological polar surface area (TPSA) is 21.3 Å². The SMILES string of the molecule is CC(NCC1CCOCC1)C1CCC1. The second-order valence-electron chi connectivity index (χ2n) is 4.94. The van der Waals surface area contributed by atoms with Crippen LogP contribution in [0.1, 0.15) is 39.0 Å². The molecule has 0 spiro atoms. The number of hydrogen-bond acceptors (Lipinski definition) is 2. The third-order valence-electron chi connectivity index (χ3n) is 3.93. The lowest BCUT2D eigenvalue weighted by molar-refractivity contribution is 0.0641. The molecule has 1 heterocycles. The summed E-state index contributed by atoms with van der Waals surface area (Å²) in [6.45, 7) is 5.51. The van der Waals surface area contributed by atoms with Gasteiger partial charge in [0, 0.05) is 19.3 Å². The number of nitrogens with one attached hydrogen (secondary N) is 1. The lowest BCUT2D eigenvalue weighted by atomic mass is 9.80. The zero-order valence-corrected chi connectivity index (χ0v) is 9.30. The van der Waals surface area contributed by atoms with Gasteiger partial charge in [-0.3, -0.25) is 0 Å². The van der Waals surface area contributed by atoms with Crippen LogP contribution in [0.5, 0.6) is 0 Å². The fourth-order valence-electron chi connectivity index (χ4n) is 2.41. The summed E-state index contributed by atoms with van der Waals surface area (Å²) in [5.41, 5.74) is 0. The van der Waals surface area contributed by atoms with Crippen LogP contribution in [0.2, 0.25) is 0 Å². The van der Waals surface area contributed by atoms with Crippen LogP contribution in [0.3, 0.4) is 0 Å². The van der Waals surface area contributed by atoms with Crippen molar-refractivity contribution in [3.8, 4) is 0 Å². The van der Waals surface area contributed by atoms with Crippen molar-refractivity contribution in [1.82, 2.24) is 5.32 Å². The molecule has 0 amide bonds. The van der Waals surface area contributed by atoms with Crippen LogP contribution in [-0.4, -0.2) is 25.8 Å². The molecule has 2 heteroatoms. The minimum atomic E-state index is 0.742. The zero-order valence-electron chi connectivity index (χ0n) is 9.30. The van der Waals surface area contributed by atoms with Crippen molar-refractivity contribution in [3.05, 3.63) is 0 Å². The molecule has 0 bridgehead atoms. The van der Waals surface area contributed by atoms with Crippen molar-refractivity contribution in [1.29, 1.82) is 0 Å². The number of ether oxygens (including phenoxy) is 1. The highest BCUT2D eigenvalue weighted by molar-refractivity contribution is 4.80. The highest BCUT2D eigenvalue weighted by Gasteiger charge is 2.24. The Balaban J connectivity index is 1.60. The Kier molecular flexibility index (Phi) is 3.82. The van der Waals surface area contributed by atoms with Gasteiger partial charge in [-0.2, -0.15) is 0 Å². The summed E-state index contributed by atoms with van der Waals surface area (Å²) in [7, 11) is 0. The third-order valence-corrected chi connectivity index (χ3v) is 3.93. The van der Waals surface area contributed by atoms with Crippen molar-refractivity contribution < 1.29 is 4.74 Å². The lowest BCUT2D eigenvalue weighted by Crippen LogP contribution is -2.40. The van der Waals surface area contributed by atoms with Crippen molar-refractivity contribution in [2.45, 2.75) is 45.1 Å². The van der Waals surface area contributed by atoms with E-state index in [0.29, 0.717) is 0 Å². The van der Waals surface area contributed by atoms with Gasteiger partial charge in [0.2, 0.25) is 0 Å². The molecule has 1 aliphatic heterocycles. The van der Waals surface area contributed by atoms with Gasteiger partial charge in [-0.15, -0.1) is 0 Å². The Morgan fingerprint density at radius 3 is 2.50 bits per heavy atom. The summed E-state index contributed by atoms with van der Waals surface area (Å²) in [6, 6.07) is 0.742. The molecule has 1 unspecified atom stereocenters. The quantitative estimate of drug-likeness (QED) is 0.746. The minimum Gasteiger partial charge on any atom is -0.381 e. The Morgan fingerprint density at radius 2 is 1.93 bits per heavy atom. The van der Waals surface area contributed by atoms with E-state index < -0.39 is 0 Å². The largest absolute Gasteiger partial charge is 0.381 e. The first-order valence-corrected chi connectivity index (χ1v) is 6.17. The van der Waals surface area contributed by atoms with Crippen LogP contribution < -0.4 is 5.32 Å². The molecule has 0 aromatic rings. The van der Waals surface area contributed by atoms with E-state index in [1.54, 1.807) is 0 Å². The predicted molar refractivity (Wildman–Crippen MR) is 58.3 cm³/mol. The van der Waals surface area contributed by atoms with E-state index in [-0.39, 0.29) is 0 Å². The fraction of sp³-hybridized carbons (Fsp3) is 1.00. The van der Waals surface area contributed by atoms with Crippen LogP contribution in [0.4, 0.5) is 0 Å². The predicted octanol–water partition coefficient (Wildman–Crippen LogP) is 2.19. The van der Waals surface area contributed by atoms with E-state index in [1.807, 2.05) is 0 Å². The standard InChI is InChI=1S/C12H23NO/c1-10(12-3-2-4-12)13-9-11-5-7-14-8-6-11/h10-13H,2-9H2,1H3. The molecule has 82 valence electrons. The van der Waals surface area contributed by atoms with E-state index in [4.69, 9.17) is 4.74 Å². The van der Waals surface area contributed by atoms with Gasteiger partial charge in [-0.25, -0.2) is 0 Å². The van der Waals surface area contributed by atoms with E-state index in [1.165, 1.54) is 38.6 Å². The molecule has 1 atom stereocenters. The molecule has 0 aromatic carbocycles. The average molecular weight is 197 g/mol. The van der Waals surface area contributed by atoms with Gasteiger partial charge < -0.3 is 10.1 Å². The molecule has 2 aliphatic rings. The summed E-state index contributed by atoms with van der Waals surface area (Å²) in [5.74, 6) is 1.83. The summed E-state index contributed by atoms with van der Waals surface area (Å²) in [6.07, 6.45) is 6.85. The Hall–Kier alpha value is -0.0800. The van der Waals surface area contributed by atoms with Gasteiger partial charge in [0.25, 0.3) is 0 Å². The average Bonchev–Trinajstić information content (AvgIpc) is 2.14. The molecular formula is C12H23NO. The third kappa shape index (κ3) is 2.71. The minimum absolute atomic E-state index is 0.742. The first kappa shape index (κ1) is 10.4. The van der Waals surface area contributed by atoms with Crippen LogP contribution in [-0.2, 0) is 4.74 Å². The molecular weight excluding hydrogens is 174 g/mol. The van der Waals surface area contributed by atoms with Crippen molar-refractivity contribution in [2.75, 3.05) is 19.8 Å². The molecule has 0 aromatic heterocycles. The van der Waals surface area contributed by atoms with E-state index in [9.17, 15) is 0 Å². The maximum Gasteiger partial charge on any atom is 0.0469 e. The van der Waals surface area contributed by atoms with Crippen LogP contribution >= 0.6 is 0 Å². The van der Waals surface area contributed by atoms with E-state index in [2.05, 4.69) is 12.2 Å². The second kappa shape index (κ2) is 5.13. The molecule has 1 saturated carbocycles. The Morgan fingerprint density at radius 1 is 1.21 bits per heavy atom. The highest BCUT2D eigenvalue weighted by Crippen LogP contribution is 2.29. The number of rotatable bonds is 4. The van der Waals surface area contributed by atoms with Crippen LogP contribution in [0, 0.1) is 11.8 Å². The maximum atomic E-state index is 5.36. The Bertz CT molecular complexity index is 160. The smallest absolute Gasteiger partial charge is 0.0469 e. The zero-order chi connectivity index (χ0) is 9.80. The number of hydrogen-bond donors (Lipinski definition) is 1. The van der Waals surface area contributed by atoms with Gasteiger partial charge in [-0.05, 0) is 51.0 Å². The van der Waals surface area contributed by atoms with Gasteiger partial charge in [0.1, 0.15) is 0 Å². The highest BCUT2D eigenvalue weighted by atomic mass is 16.5. The fourth-order valence-corrected chi connectivity index (χ4v) is 2.41. The summed E-state index contributed by atoms with van der Waals surface area (Å²) >= 11 is 0. The molecule has 1 N–H and O–H groups in total. The normalized spacial score (nSPS) is 27.2. The summed E-state index contributed by atoms with van der Waals surface area (Å²) in [5, 5.41) is 3.70. The van der Waals surface area contributed by atoms with E-state index >= 15 is 0 Å². The molecule has 0 radical (unpaired) electrons. The van der Waals surface area contributed by atoms with Crippen molar-refractivity contribution in [2.24, 2.45) is 11.8 Å². The van der Waals surface area contributed by atoms with Gasteiger partial charge >= 0.3 is 0 Å². The molecule has 2 rings (SSSR count). The molecule has 1 saturated heterocycles. The molecule has 2 nitrogen and oxygen atoms in total. The maximum absolute atomic E-state index is 5.36.